The molecule has 5 nitrogen and oxygen atoms in total. The van der Waals surface area contributed by atoms with Crippen molar-refractivity contribution in [2.45, 2.75) is 31.8 Å². The second-order valence-electron chi connectivity index (χ2n) is 3.83. The maximum Gasteiger partial charge on any atom is 0.250 e. The molecule has 5 heteroatoms. The third kappa shape index (κ3) is 2.67. The van der Waals surface area contributed by atoms with E-state index >= 15 is 0 Å². The van der Waals surface area contributed by atoms with Gasteiger partial charge >= 0.3 is 0 Å². The number of nitrogens with two attached hydrogens (primary N) is 1. The van der Waals surface area contributed by atoms with Crippen LogP contribution in [0.4, 0.5) is 0 Å². The summed E-state index contributed by atoms with van der Waals surface area (Å²) < 4.78 is 0. The molecule has 82 valence electrons. The van der Waals surface area contributed by atoms with Crippen molar-refractivity contribution in [3.8, 4) is 0 Å². The number of amides is 1. The highest BCUT2D eigenvalue weighted by Crippen LogP contribution is 2.12. The lowest BCUT2D eigenvalue weighted by Crippen LogP contribution is -2.51. The van der Waals surface area contributed by atoms with Crippen LogP contribution in [0.1, 0.15) is 19.8 Å². The van der Waals surface area contributed by atoms with Crippen LogP contribution in [0.3, 0.4) is 0 Å². The van der Waals surface area contributed by atoms with Crippen LogP contribution in [-0.4, -0.2) is 43.0 Å². The number of likely N-dealkylation sites (N-methyl/N-ethyl adjacent to an activating group) is 1. The van der Waals surface area contributed by atoms with Gasteiger partial charge in [0.25, 0.3) is 5.91 Å². The lowest BCUT2D eigenvalue weighted by molar-refractivity contribution is -0.126. The van der Waals surface area contributed by atoms with Gasteiger partial charge in [-0.15, -0.1) is 0 Å². The second kappa shape index (κ2) is 5.29. The van der Waals surface area contributed by atoms with Gasteiger partial charge in [0.05, 0.1) is 6.04 Å². The minimum absolute atomic E-state index is 0.119. The van der Waals surface area contributed by atoms with Gasteiger partial charge in [-0.25, -0.2) is 5.84 Å². The fourth-order valence-electron chi connectivity index (χ4n) is 1.84. The summed E-state index contributed by atoms with van der Waals surface area (Å²) in [6.07, 6.45) is 2.19. The number of carbonyl (C=O) groups excluding carboxylic acids is 1. The third-order valence-electron chi connectivity index (χ3n) is 3.02. The topological polar surface area (TPSA) is 70.4 Å². The van der Waals surface area contributed by atoms with E-state index in [-0.39, 0.29) is 11.9 Å². The van der Waals surface area contributed by atoms with Crippen molar-refractivity contribution in [1.82, 2.24) is 15.6 Å². The number of nitrogens with zero attached hydrogens (tertiary/aromatic N) is 1. The first-order chi connectivity index (χ1) is 6.66. The minimum atomic E-state index is -0.150. The summed E-state index contributed by atoms with van der Waals surface area (Å²) in [5, 5.41) is 3.30. The van der Waals surface area contributed by atoms with E-state index in [0.717, 1.165) is 25.9 Å². The van der Waals surface area contributed by atoms with Crippen LogP contribution in [0.2, 0.25) is 0 Å². The molecule has 1 amide bonds. The number of carbonyl (C=O) groups is 1. The number of piperidine rings is 1. The quantitative estimate of drug-likeness (QED) is 0.312. The Balaban J connectivity index is 2.45. The molecule has 1 aliphatic rings. The van der Waals surface area contributed by atoms with Gasteiger partial charge < -0.3 is 5.32 Å². The molecule has 1 atom stereocenters. The summed E-state index contributed by atoms with van der Waals surface area (Å²) in [4.78, 5) is 13.4. The Kier molecular flexibility index (Phi) is 4.31. The Labute approximate surface area is 85.0 Å². The molecule has 0 aromatic carbocycles. The van der Waals surface area contributed by atoms with Gasteiger partial charge in [0.1, 0.15) is 0 Å². The molecule has 0 spiro atoms. The van der Waals surface area contributed by atoms with E-state index in [2.05, 4.69) is 15.6 Å². The fraction of sp³-hybridized carbons (Fsp3) is 0.889. The average Bonchev–Trinajstić information content (AvgIpc) is 2.27. The van der Waals surface area contributed by atoms with Crippen molar-refractivity contribution >= 4 is 5.91 Å². The molecule has 0 aromatic rings. The van der Waals surface area contributed by atoms with E-state index in [1.807, 2.05) is 14.0 Å². The number of hydrazine groups is 1. The van der Waals surface area contributed by atoms with Crippen molar-refractivity contribution in [2.24, 2.45) is 5.84 Å². The maximum atomic E-state index is 11.3. The molecule has 0 radical (unpaired) electrons. The second-order valence-corrected chi connectivity index (χ2v) is 3.83. The van der Waals surface area contributed by atoms with Crippen LogP contribution in [0.15, 0.2) is 0 Å². The van der Waals surface area contributed by atoms with Crippen LogP contribution >= 0.6 is 0 Å². The summed E-state index contributed by atoms with van der Waals surface area (Å²) >= 11 is 0. The molecular formula is C9H20N4O. The Morgan fingerprint density at radius 2 is 2.14 bits per heavy atom. The van der Waals surface area contributed by atoms with Gasteiger partial charge in [-0.1, -0.05) is 0 Å². The Bertz CT molecular complexity index is 191. The number of nitrogens with one attached hydrogen (secondary N) is 2. The largest absolute Gasteiger partial charge is 0.317 e. The summed E-state index contributed by atoms with van der Waals surface area (Å²) in [7, 11) is 1.98. The number of hydrogen-bond donors (Lipinski definition) is 3. The van der Waals surface area contributed by atoms with Crippen LogP contribution in [-0.2, 0) is 4.79 Å². The van der Waals surface area contributed by atoms with Gasteiger partial charge in [-0.05, 0) is 39.9 Å². The lowest BCUT2D eigenvalue weighted by Gasteiger charge is -2.34. The predicted molar refractivity (Wildman–Crippen MR) is 55.4 cm³/mol. The fourth-order valence-corrected chi connectivity index (χ4v) is 1.84. The molecule has 1 fully saturated rings. The first-order valence-corrected chi connectivity index (χ1v) is 5.10. The maximum absolute atomic E-state index is 11.3. The molecule has 1 saturated heterocycles. The van der Waals surface area contributed by atoms with E-state index in [4.69, 9.17) is 5.84 Å². The first-order valence-electron chi connectivity index (χ1n) is 5.10. The summed E-state index contributed by atoms with van der Waals surface area (Å²) in [6, 6.07) is 0.339. The molecule has 0 aromatic heterocycles. The average molecular weight is 200 g/mol. The summed E-state index contributed by atoms with van der Waals surface area (Å²) in [6.45, 7) is 3.95. The van der Waals surface area contributed by atoms with Crippen molar-refractivity contribution in [3.63, 3.8) is 0 Å². The van der Waals surface area contributed by atoms with Crippen molar-refractivity contribution in [1.29, 1.82) is 0 Å². The normalized spacial score (nSPS) is 20.9. The lowest BCUT2D eigenvalue weighted by atomic mass is 10.0. The van der Waals surface area contributed by atoms with Crippen LogP contribution in [0.5, 0.6) is 0 Å². The van der Waals surface area contributed by atoms with Gasteiger partial charge in [0.15, 0.2) is 0 Å². The predicted octanol–water partition coefficient (Wildman–Crippen LogP) is -0.951. The highest BCUT2D eigenvalue weighted by atomic mass is 16.2. The van der Waals surface area contributed by atoms with E-state index in [1.54, 1.807) is 0 Å². The van der Waals surface area contributed by atoms with Crippen LogP contribution in [0, 0.1) is 0 Å². The smallest absolute Gasteiger partial charge is 0.250 e. The molecule has 0 saturated carbocycles. The van der Waals surface area contributed by atoms with Crippen molar-refractivity contribution in [3.05, 3.63) is 0 Å². The third-order valence-corrected chi connectivity index (χ3v) is 3.02. The van der Waals surface area contributed by atoms with Crippen molar-refractivity contribution in [2.75, 3.05) is 20.1 Å². The molecule has 1 aliphatic heterocycles. The molecule has 4 N–H and O–H groups in total. The Hall–Kier alpha value is -0.650. The van der Waals surface area contributed by atoms with Crippen LogP contribution in [0.25, 0.3) is 0 Å². The summed E-state index contributed by atoms with van der Waals surface area (Å²) in [5.41, 5.74) is 2.19. The highest BCUT2D eigenvalue weighted by Gasteiger charge is 2.25. The highest BCUT2D eigenvalue weighted by molar-refractivity contribution is 5.80. The van der Waals surface area contributed by atoms with Gasteiger partial charge in [-0.2, -0.15) is 0 Å². The zero-order valence-corrected chi connectivity index (χ0v) is 8.92. The molecule has 1 unspecified atom stereocenters. The molecule has 1 rings (SSSR count). The molecular weight excluding hydrogens is 180 g/mol. The van der Waals surface area contributed by atoms with Crippen LogP contribution < -0.4 is 16.6 Å². The monoisotopic (exact) mass is 200 g/mol. The Morgan fingerprint density at radius 1 is 1.57 bits per heavy atom. The molecule has 1 heterocycles. The SMILES string of the molecule is CC(C(=O)NN)N(C)C1CCNCC1. The van der Waals surface area contributed by atoms with E-state index < -0.39 is 0 Å². The molecule has 14 heavy (non-hydrogen) atoms. The van der Waals surface area contributed by atoms with E-state index in [0.29, 0.717) is 6.04 Å². The zero-order valence-electron chi connectivity index (χ0n) is 8.92. The van der Waals surface area contributed by atoms with Gasteiger partial charge in [0.2, 0.25) is 0 Å². The van der Waals surface area contributed by atoms with Gasteiger partial charge in [-0.3, -0.25) is 15.1 Å². The van der Waals surface area contributed by atoms with Crippen molar-refractivity contribution < 1.29 is 4.79 Å². The van der Waals surface area contributed by atoms with E-state index in [9.17, 15) is 4.79 Å². The molecule has 0 bridgehead atoms. The van der Waals surface area contributed by atoms with Gasteiger partial charge in [0, 0.05) is 6.04 Å². The standard InChI is InChI=1S/C9H20N4O/c1-7(9(14)12-10)13(2)8-3-5-11-6-4-8/h7-8,11H,3-6,10H2,1-2H3,(H,12,14). The Morgan fingerprint density at radius 3 is 2.64 bits per heavy atom. The molecule has 0 aliphatic carbocycles. The zero-order chi connectivity index (χ0) is 10.6. The summed E-state index contributed by atoms with van der Waals surface area (Å²) in [5.74, 6) is 4.98. The number of hydrogen-bond acceptors (Lipinski definition) is 4. The minimum Gasteiger partial charge on any atom is -0.317 e. The van der Waals surface area contributed by atoms with E-state index in [1.165, 1.54) is 0 Å². The number of rotatable bonds is 3. The first kappa shape index (κ1) is 11.4.